The first kappa shape index (κ1) is 39.0. The second-order valence-corrected chi connectivity index (χ2v) is 12.9. The summed E-state index contributed by atoms with van der Waals surface area (Å²) >= 11 is 0. The van der Waals surface area contributed by atoms with Crippen LogP contribution in [-0.4, -0.2) is 75.3 Å². The van der Waals surface area contributed by atoms with Gasteiger partial charge in [0.2, 0.25) is 0 Å². The minimum atomic E-state index is -1.35. The maximum atomic E-state index is 12.5. The molecule has 5 N–H and O–H groups in total. The first-order valence-electron chi connectivity index (χ1n) is 17.0. The van der Waals surface area contributed by atoms with Crippen LogP contribution in [0, 0.1) is 25.7 Å². The van der Waals surface area contributed by atoms with Gasteiger partial charge in [0.1, 0.15) is 11.1 Å². The van der Waals surface area contributed by atoms with Crippen LogP contribution in [0.3, 0.4) is 0 Å². The molecule has 0 amide bonds. The van der Waals surface area contributed by atoms with Gasteiger partial charge in [-0.25, -0.2) is 9.59 Å². The molecule has 2 aliphatic heterocycles. The highest BCUT2D eigenvalue weighted by Crippen LogP contribution is 2.21. The zero-order chi connectivity index (χ0) is 36.9. The van der Waals surface area contributed by atoms with Gasteiger partial charge in [0.25, 0.3) is 11.1 Å². The molecule has 2 aromatic heterocycles. The van der Waals surface area contributed by atoms with E-state index < -0.39 is 30.2 Å². The van der Waals surface area contributed by atoms with Crippen LogP contribution in [0.25, 0.3) is 5.69 Å². The molecule has 2 aliphatic rings. The Morgan fingerprint density at radius 2 is 1.22 bits per heavy atom. The van der Waals surface area contributed by atoms with E-state index in [9.17, 15) is 24.3 Å². The first-order valence-corrected chi connectivity index (χ1v) is 17.0. The van der Waals surface area contributed by atoms with Crippen molar-refractivity contribution in [1.82, 2.24) is 9.55 Å². The highest BCUT2D eigenvalue weighted by molar-refractivity contribution is 6.58. The molecule has 0 atom stereocenters. The summed E-state index contributed by atoms with van der Waals surface area (Å²) in [7, 11) is -1.35. The van der Waals surface area contributed by atoms with Gasteiger partial charge in [-0.2, -0.15) is 0 Å². The fourth-order valence-electron chi connectivity index (χ4n) is 5.91. The molecule has 0 unspecified atom stereocenters. The summed E-state index contributed by atoms with van der Waals surface area (Å²) in [6.45, 7) is 6.94. The average Bonchev–Trinajstić information content (AvgIpc) is 3.11. The lowest BCUT2D eigenvalue weighted by Gasteiger charge is -2.22. The molecule has 51 heavy (non-hydrogen) atoms. The standard InChI is InChI=1S/C19H21NO4.C12H15NO4.C7H9BO2/c1-13-2-4-16(5-3-13)20-12-15(10-14-6-8-24-9-7-14)11-17(18(20)21)19(22)23;14-11-10(12(15)16)6-9(7-13-11)5-8-1-3-17-4-2-8;1-6-2-4-7(5-3-6)8(9)10/h2-5,11-12,14H,6-10H2,1H3,(H,22,23);6-8H,1-5H2,(H,13,14)(H,15,16);2-5,9-10H,1H3. The van der Waals surface area contributed by atoms with E-state index in [0.29, 0.717) is 23.0 Å². The van der Waals surface area contributed by atoms with Crippen LogP contribution in [0.1, 0.15) is 68.7 Å². The smallest absolute Gasteiger partial charge is 0.477 e. The molecular formula is C38H45BN2O10. The maximum Gasteiger partial charge on any atom is 0.488 e. The van der Waals surface area contributed by atoms with E-state index in [1.54, 1.807) is 24.5 Å². The van der Waals surface area contributed by atoms with Crippen molar-refractivity contribution in [3.05, 3.63) is 127 Å². The summed E-state index contributed by atoms with van der Waals surface area (Å²) in [5.41, 5.74) is 3.75. The molecule has 4 heterocycles. The van der Waals surface area contributed by atoms with Crippen molar-refractivity contribution in [2.45, 2.75) is 52.4 Å². The zero-order valence-corrected chi connectivity index (χ0v) is 28.9. The van der Waals surface area contributed by atoms with Crippen LogP contribution in [0.4, 0.5) is 0 Å². The van der Waals surface area contributed by atoms with Gasteiger partial charge in [-0.15, -0.1) is 0 Å². The fourth-order valence-corrected chi connectivity index (χ4v) is 5.91. The quantitative estimate of drug-likeness (QED) is 0.170. The fraction of sp³-hybridized carbons (Fsp3) is 0.368. The lowest BCUT2D eigenvalue weighted by Crippen LogP contribution is -2.29. The average molecular weight is 701 g/mol. The Bertz CT molecular complexity index is 1860. The molecule has 4 aromatic rings. The van der Waals surface area contributed by atoms with E-state index in [0.717, 1.165) is 87.2 Å². The number of aromatic nitrogens is 2. The van der Waals surface area contributed by atoms with Gasteiger partial charge in [0.05, 0.1) is 0 Å². The van der Waals surface area contributed by atoms with E-state index in [2.05, 4.69) is 4.98 Å². The molecule has 2 aromatic carbocycles. The van der Waals surface area contributed by atoms with Crippen molar-refractivity contribution in [3.8, 4) is 5.69 Å². The van der Waals surface area contributed by atoms with Gasteiger partial charge >= 0.3 is 19.1 Å². The van der Waals surface area contributed by atoms with Gasteiger partial charge in [0.15, 0.2) is 0 Å². The summed E-state index contributed by atoms with van der Waals surface area (Å²) in [5, 5.41) is 35.6. The second kappa shape index (κ2) is 19.0. The summed E-state index contributed by atoms with van der Waals surface area (Å²) in [5.74, 6) is -1.39. The summed E-state index contributed by atoms with van der Waals surface area (Å²) in [4.78, 5) is 48.5. The van der Waals surface area contributed by atoms with E-state index >= 15 is 0 Å². The van der Waals surface area contributed by atoms with E-state index in [-0.39, 0.29) is 11.1 Å². The maximum absolute atomic E-state index is 12.5. The van der Waals surface area contributed by atoms with Crippen LogP contribution < -0.4 is 16.6 Å². The Morgan fingerprint density at radius 3 is 1.71 bits per heavy atom. The van der Waals surface area contributed by atoms with Crippen LogP contribution in [0.2, 0.25) is 0 Å². The molecule has 13 heteroatoms. The van der Waals surface area contributed by atoms with Gasteiger partial charge in [-0.3, -0.25) is 14.2 Å². The number of ether oxygens (including phenoxy) is 2. The lowest BCUT2D eigenvalue weighted by atomic mass is 9.80. The van der Waals surface area contributed by atoms with E-state index in [1.807, 2.05) is 50.2 Å². The Hall–Kier alpha value is -4.82. The topological polar surface area (TPSA) is 188 Å². The molecule has 0 spiro atoms. The molecule has 0 bridgehead atoms. The number of aryl methyl sites for hydroxylation is 2. The number of hydrogen-bond donors (Lipinski definition) is 5. The number of nitrogens with one attached hydrogen (secondary N) is 1. The minimum Gasteiger partial charge on any atom is -0.477 e. The Kier molecular flexibility index (Phi) is 14.5. The molecule has 0 saturated carbocycles. The number of H-pyrrole nitrogens is 1. The molecule has 12 nitrogen and oxygen atoms in total. The summed E-state index contributed by atoms with van der Waals surface area (Å²) < 4.78 is 12.1. The third-order valence-corrected chi connectivity index (χ3v) is 8.92. The largest absolute Gasteiger partial charge is 0.488 e. The first-order chi connectivity index (χ1) is 24.4. The van der Waals surface area contributed by atoms with Crippen molar-refractivity contribution < 1.29 is 39.3 Å². The molecule has 6 rings (SSSR count). The second-order valence-electron chi connectivity index (χ2n) is 12.9. The number of aromatic amines is 1. The van der Waals surface area contributed by atoms with Crippen LogP contribution in [0.15, 0.2) is 82.6 Å². The predicted molar refractivity (Wildman–Crippen MR) is 193 cm³/mol. The van der Waals surface area contributed by atoms with Crippen molar-refractivity contribution in [1.29, 1.82) is 0 Å². The Morgan fingerprint density at radius 1 is 0.745 bits per heavy atom. The van der Waals surface area contributed by atoms with E-state index in [4.69, 9.17) is 24.6 Å². The monoisotopic (exact) mass is 700 g/mol. The van der Waals surface area contributed by atoms with E-state index in [1.165, 1.54) is 16.7 Å². The van der Waals surface area contributed by atoms with Gasteiger partial charge in [0, 0.05) is 44.5 Å². The highest BCUT2D eigenvalue weighted by Gasteiger charge is 2.19. The number of pyridine rings is 2. The third kappa shape index (κ3) is 11.9. The van der Waals surface area contributed by atoms with Crippen LogP contribution in [-0.2, 0) is 22.3 Å². The summed E-state index contributed by atoms with van der Waals surface area (Å²) in [6, 6.07) is 17.5. The molecule has 0 aliphatic carbocycles. The number of carbonyl (C=O) groups is 2. The Labute approximate surface area is 296 Å². The van der Waals surface area contributed by atoms with Gasteiger partial charge in [-0.1, -0.05) is 47.5 Å². The van der Waals surface area contributed by atoms with Crippen LogP contribution in [0.5, 0.6) is 0 Å². The number of carboxylic acids is 2. The van der Waals surface area contributed by atoms with Gasteiger partial charge in [-0.05, 0) is 105 Å². The van der Waals surface area contributed by atoms with Crippen molar-refractivity contribution in [2.75, 3.05) is 26.4 Å². The number of nitrogens with zero attached hydrogens (tertiary/aromatic N) is 1. The van der Waals surface area contributed by atoms with Crippen molar-refractivity contribution >= 4 is 24.5 Å². The minimum absolute atomic E-state index is 0.180. The number of benzene rings is 2. The third-order valence-electron chi connectivity index (χ3n) is 8.92. The lowest BCUT2D eigenvalue weighted by molar-refractivity contribution is 0.0661. The molecule has 0 radical (unpaired) electrons. The molecular weight excluding hydrogens is 655 g/mol. The number of hydrogen-bond acceptors (Lipinski definition) is 8. The Balaban J connectivity index is 0.000000188. The summed E-state index contributed by atoms with van der Waals surface area (Å²) in [6.07, 6.45) is 8.83. The number of rotatable bonds is 8. The normalized spacial score (nSPS) is 14.7. The molecule has 2 saturated heterocycles. The molecule has 2 fully saturated rings. The van der Waals surface area contributed by atoms with Crippen LogP contribution >= 0.6 is 0 Å². The van der Waals surface area contributed by atoms with Crippen molar-refractivity contribution in [2.24, 2.45) is 11.8 Å². The zero-order valence-electron chi connectivity index (χ0n) is 28.9. The number of carboxylic acid groups (broad SMARTS) is 2. The predicted octanol–water partition coefficient (Wildman–Crippen LogP) is 3.53. The van der Waals surface area contributed by atoms with Crippen molar-refractivity contribution in [3.63, 3.8) is 0 Å². The SMILES string of the molecule is Cc1ccc(-n2cc(CC3CCOCC3)cc(C(=O)O)c2=O)cc1.Cc1ccc(B(O)O)cc1.O=C(O)c1cc(CC2CCOCC2)c[nH]c1=O. The highest BCUT2D eigenvalue weighted by atomic mass is 16.5. The number of aromatic carboxylic acids is 2. The van der Waals surface area contributed by atoms with Gasteiger partial charge < -0.3 is 34.7 Å². The molecule has 270 valence electrons.